The maximum absolute atomic E-state index is 6.21. The highest BCUT2D eigenvalue weighted by Crippen LogP contribution is 2.33. The van der Waals surface area contributed by atoms with Gasteiger partial charge in [-0.15, -0.1) is 24.0 Å². The summed E-state index contributed by atoms with van der Waals surface area (Å²) < 4.78 is 11.4. The first-order valence-electron chi connectivity index (χ1n) is 8.87. The van der Waals surface area contributed by atoms with Crippen LogP contribution >= 0.6 is 24.0 Å². The van der Waals surface area contributed by atoms with Crippen molar-refractivity contribution in [2.45, 2.75) is 6.54 Å². The van der Waals surface area contributed by atoms with E-state index in [9.17, 15) is 0 Å². The minimum Gasteiger partial charge on any atom is -0.492 e. The lowest BCUT2D eigenvalue weighted by atomic mass is 10.2. The van der Waals surface area contributed by atoms with Gasteiger partial charge in [0.15, 0.2) is 17.5 Å². The molecule has 1 aromatic carbocycles. The van der Waals surface area contributed by atoms with Crippen molar-refractivity contribution in [1.82, 2.24) is 14.9 Å². The molecule has 0 saturated carbocycles. The summed E-state index contributed by atoms with van der Waals surface area (Å²) in [5.74, 6) is 2.65. The van der Waals surface area contributed by atoms with Gasteiger partial charge in [-0.05, 0) is 18.2 Å². The van der Waals surface area contributed by atoms with Gasteiger partial charge in [0.25, 0.3) is 0 Å². The molecule has 148 valence electrons. The molecule has 1 fully saturated rings. The van der Waals surface area contributed by atoms with Crippen LogP contribution in [0.1, 0.15) is 5.76 Å². The number of fused-ring (bicyclic) bond motifs is 1. The molecule has 4 rings (SSSR count). The number of guanidine groups is 1. The predicted octanol–water partition coefficient (Wildman–Crippen LogP) is 2.49. The van der Waals surface area contributed by atoms with Gasteiger partial charge >= 0.3 is 0 Å². The van der Waals surface area contributed by atoms with Crippen LogP contribution in [0.2, 0.25) is 0 Å². The minimum atomic E-state index is 0. The van der Waals surface area contributed by atoms with E-state index in [-0.39, 0.29) is 24.0 Å². The molecule has 1 aliphatic rings. The van der Waals surface area contributed by atoms with Crippen LogP contribution < -0.4 is 15.4 Å². The summed E-state index contributed by atoms with van der Waals surface area (Å²) in [7, 11) is 1.64. The number of furan rings is 1. The second-order valence-electron chi connectivity index (χ2n) is 6.25. The molecule has 2 aromatic heterocycles. The molecule has 0 radical (unpaired) electrons. The topological polar surface area (TPSA) is 93.0 Å². The van der Waals surface area contributed by atoms with Crippen molar-refractivity contribution in [3.63, 3.8) is 0 Å². The summed E-state index contributed by atoms with van der Waals surface area (Å²) in [5.41, 5.74) is 7.00. The van der Waals surface area contributed by atoms with Crippen molar-refractivity contribution in [2.75, 3.05) is 38.2 Å². The van der Waals surface area contributed by atoms with E-state index in [0.29, 0.717) is 24.0 Å². The molecule has 0 bridgehead atoms. The number of methoxy groups -OCH3 is 1. The van der Waals surface area contributed by atoms with Crippen LogP contribution in [0, 0.1) is 0 Å². The smallest absolute Gasteiger partial charge is 0.225 e. The highest BCUT2D eigenvalue weighted by molar-refractivity contribution is 14.0. The van der Waals surface area contributed by atoms with E-state index in [1.807, 2.05) is 30.3 Å². The zero-order valence-corrected chi connectivity index (χ0v) is 17.9. The summed E-state index contributed by atoms with van der Waals surface area (Å²) in [5, 5.41) is 0.945. The summed E-state index contributed by atoms with van der Waals surface area (Å²) in [6.07, 6.45) is 3.51. The Kier molecular flexibility index (Phi) is 6.55. The van der Waals surface area contributed by atoms with Crippen LogP contribution in [0.4, 0.5) is 5.95 Å². The third-order valence-corrected chi connectivity index (χ3v) is 4.65. The van der Waals surface area contributed by atoms with Crippen molar-refractivity contribution >= 4 is 46.9 Å². The number of nitrogens with zero attached hydrogens (tertiary/aromatic N) is 5. The van der Waals surface area contributed by atoms with E-state index >= 15 is 0 Å². The fraction of sp³-hybridized carbons (Fsp3) is 0.316. The van der Waals surface area contributed by atoms with Crippen molar-refractivity contribution in [1.29, 1.82) is 0 Å². The van der Waals surface area contributed by atoms with Gasteiger partial charge in [-0.2, -0.15) is 0 Å². The van der Waals surface area contributed by atoms with E-state index in [1.54, 1.807) is 19.5 Å². The predicted molar refractivity (Wildman–Crippen MR) is 119 cm³/mol. The third-order valence-electron chi connectivity index (χ3n) is 4.65. The van der Waals surface area contributed by atoms with Crippen LogP contribution in [0.3, 0.4) is 0 Å². The molecule has 0 aliphatic carbocycles. The molecule has 9 heteroatoms. The van der Waals surface area contributed by atoms with Crippen LogP contribution in [-0.4, -0.2) is 54.1 Å². The Hall–Kier alpha value is -2.56. The number of nitrogens with two attached hydrogens (primary N) is 1. The van der Waals surface area contributed by atoms with E-state index in [0.717, 1.165) is 43.1 Å². The molecule has 3 aromatic rings. The fourth-order valence-electron chi connectivity index (χ4n) is 3.24. The number of benzene rings is 1. The molecule has 8 nitrogen and oxygen atoms in total. The lowest BCUT2D eigenvalue weighted by Crippen LogP contribution is -2.51. The average Bonchev–Trinajstić information content (AvgIpc) is 3.10. The largest absolute Gasteiger partial charge is 0.492 e. The minimum absolute atomic E-state index is 0. The monoisotopic (exact) mass is 494 g/mol. The van der Waals surface area contributed by atoms with Gasteiger partial charge in [0.1, 0.15) is 12.1 Å². The molecule has 28 heavy (non-hydrogen) atoms. The third kappa shape index (κ3) is 4.13. The average molecular weight is 494 g/mol. The van der Waals surface area contributed by atoms with E-state index < -0.39 is 0 Å². The second-order valence-corrected chi connectivity index (χ2v) is 6.25. The summed E-state index contributed by atoms with van der Waals surface area (Å²) in [6.45, 7) is 3.48. The highest BCUT2D eigenvalue weighted by atomic mass is 127. The van der Waals surface area contributed by atoms with Gasteiger partial charge in [-0.3, -0.25) is 0 Å². The van der Waals surface area contributed by atoms with Gasteiger partial charge in [0.2, 0.25) is 5.95 Å². The Labute approximate surface area is 180 Å². The number of ether oxygens (including phenoxy) is 1. The lowest BCUT2D eigenvalue weighted by Gasteiger charge is -2.35. The fourth-order valence-corrected chi connectivity index (χ4v) is 3.24. The van der Waals surface area contributed by atoms with Gasteiger partial charge in [0, 0.05) is 38.6 Å². The zero-order chi connectivity index (χ0) is 18.6. The standard InChI is InChI=1S/C19H22N6O2.HI/c1-26-17-14-5-2-3-6-15(14)27-16(17)13-23-18(20)24-9-11-25(12-10-24)19-21-7-4-8-22-19;/h2-8H,9-13H2,1H3,(H2,20,23);1H. The first kappa shape index (κ1) is 20.2. The first-order chi connectivity index (χ1) is 13.3. The number of halogens is 1. The molecule has 0 amide bonds. The number of piperazine rings is 1. The maximum atomic E-state index is 6.21. The van der Waals surface area contributed by atoms with E-state index in [4.69, 9.17) is 14.9 Å². The van der Waals surface area contributed by atoms with Crippen LogP contribution in [0.25, 0.3) is 11.0 Å². The summed E-state index contributed by atoms with van der Waals surface area (Å²) in [6, 6.07) is 9.59. The zero-order valence-electron chi connectivity index (χ0n) is 15.6. The van der Waals surface area contributed by atoms with Gasteiger partial charge in [0.05, 0.1) is 12.5 Å². The molecule has 0 unspecified atom stereocenters. The van der Waals surface area contributed by atoms with E-state index in [1.165, 1.54) is 0 Å². The Morgan fingerprint density at radius 3 is 2.57 bits per heavy atom. The van der Waals surface area contributed by atoms with Crippen molar-refractivity contribution in [2.24, 2.45) is 10.7 Å². The molecular weight excluding hydrogens is 471 g/mol. The van der Waals surface area contributed by atoms with Gasteiger partial charge < -0.3 is 24.7 Å². The SMILES string of the molecule is COc1c(CN=C(N)N2CCN(c3ncccn3)CC2)oc2ccccc12.I. The quantitative estimate of drug-likeness (QED) is 0.339. The number of aliphatic imine (C=N–C) groups is 1. The molecular formula is C19H23IN6O2. The maximum Gasteiger partial charge on any atom is 0.225 e. The van der Waals surface area contributed by atoms with Crippen LogP contribution in [0.5, 0.6) is 5.75 Å². The van der Waals surface area contributed by atoms with Crippen molar-refractivity contribution in [3.05, 3.63) is 48.5 Å². The number of aromatic nitrogens is 2. The van der Waals surface area contributed by atoms with Crippen molar-refractivity contribution in [3.8, 4) is 5.75 Å². The van der Waals surface area contributed by atoms with Crippen molar-refractivity contribution < 1.29 is 9.15 Å². The number of anilines is 1. The first-order valence-corrected chi connectivity index (χ1v) is 8.87. The number of para-hydroxylation sites is 1. The van der Waals surface area contributed by atoms with Crippen LogP contribution in [-0.2, 0) is 6.54 Å². The Morgan fingerprint density at radius 1 is 1.14 bits per heavy atom. The Morgan fingerprint density at radius 2 is 1.86 bits per heavy atom. The normalized spacial score (nSPS) is 14.8. The Balaban J connectivity index is 0.00000225. The molecule has 0 atom stereocenters. The van der Waals surface area contributed by atoms with E-state index in [2.05, 4.69) is 24.8 Å². The van der Waals surface area contributed by atoms with Gasteiger partial charge in [-0.1, -0.05) is 12.1 Å². The molecule has 1 saturated heterocycles. The number of hydrogen-bond donors (Lipinski definition) is 1. The summed E-state index contributed by atoms with van der Waals surface area (Å²) in [4.78, 5) is 17.3. The van der Waals surface area contributed by atoms with Crippen LogP contribution in [0.15, 0.2) is 52.1 Å². The van der Waals surface area contributed by atoms with Gasteiger partial charge in [-0.25, -0.2) is 15.0 Å². The number of rotatable bonds is 4. The lowest BCUT2D eigenvalue weighted by molar-refractivity contribution is 0.375. The molecule has 2 N–H and O–H groups in total. The second kappa shape index (κ2) is 9.09. The molecule has 3 heterocycles. The molecule has 1 aliphatic heterocycles. The Bertz CT molecular complexity index is 938. The number of hydrogen-bond acceptors (Lipinski definition) is 6. The highest BCUT2D eigenvalue weighted by Gasteiger charge is 2.20. The molecule has 0 spiro atoms. The summed E-state index contributed by atoms with van der Waals surface area (Å²) >= 11 is 0.